The van der Waals surface area contributed by atoms with Crippen LogP contribution in [0.15, 0.2) is 22.7 Å². The van der Waals surface area contributed by atoms with E-state index in [0.29, 0.717) is 35.5 Å². The van der Waals surface area contributed by atoms with Crippen molar-refractivity contribution in [2.24, 2.45) is 5.92 Å². The fourth-order valence-electron chi connectivity index (χ4n) is 2.65. The Balaban J connectivity index is 1.88. The van der Waals surface area contributed by atoms with Gasteiger partial charge in [-0.1, -0.05) is 25.1 Å². The molecule has 1 heterocycles. The van der Waals surface area contributed by atoms with Crippen molar-refractivity contribution in [1.82, 2.24) is 10.5 Å². The summed E-state index contributed by atoms with van der Waals surface area (Å²) in [6, 6.07) is 5.64. The van der Waals surface area contributed by atoms with Gasteiger partial charge in [-0.15, -0.1) is 11.8 Å². The first-order valence-corrected chi connectivity index (χ1v) is 10.6. The highest BCUT2D eigenvalue weighted by Gasteiger charge is 2.15. The van der Waals surface area contributed by atoms with Crippen molar-refractivity contribution in [3.8, 4) is 11.5 Å². The van der Waals surface area contributed by atoms with Crippen LogP contribution in [0.3, 0.4) is 0 Å². The van der Waals surface area contributed by atoms with Crippen LogP contribution in [0.5, 0.6) is 11.5 Å². The Labute approximate surface area is 171 Å². The number of aromatic nitrogens is 1. The zero-order valence-electron chi connectivity index (χ0n) is 17.5. The van der Waals surface area contributed by atoms with Gasteiger partial charge in [0.25, 0.3) is 0 Å². The Morgan fingerprint density at radius 1 is 1.25 bits per heavy atom. The molecule has 0 aliphatic rings. The predicted octanol–water partition coefficient (Wildman–Crippen LogP) is 4.45. The van der Waals surface area contributed by atoms with Gasteiger partial charge in [-0.25, -0.2) is 0 Å². The molecule has 0 fully saturated rings. The molecule has 0 spiro atoms. The second-order valence-electron chi connectivity index (χ2n) is 7.20. The van der Waals surface area contributed by atoms with Crippen LogP contribution in [0, 0.1) is 19.8 Å². The van der Waals surface area contributed by atoms with Crippen LogP contribution < -0.4 is 14.8 Å². The lowest BCUT2D eigenvalue weighted by molar-refractivity contribution is -0.119. The number of benzene rings is 1. The van der Waals surface area contributed by atoms with Gasteiger partial charge < -0.3 is 19.3 Å². The zero-order chi connectivity index (χ0) is 20.7. The maximum atomic E-state index is 12.3. The molecule has 1 unspecified atom stereocenters. The Kier molecular flexibility index (Phi) is 8.23. The lowest BCUT2D eigenvalue weighted by atomic mass is 10.1. The third-order valence-electron chi connectivity index (χ3n) is 4.30. The molecule has 7 heteroatoms. The Morgan fingerprint density at radius 2 is 2.00 bits per heavy atom. The van der Waals surface area contributed by atoms with E-state index in [1.165, 1.54) is 0 Å². The van der Waals surface area contributed by atoms with Crippen molar-refractivity contribution in [3.05, 3.63) is 40.8 Å². The number of ether oxygens (including phenoxy) is 2. The lowest BCUT2D eigenvalue weighted by Gasteiger charge is -2.17. The molecule has 0 radical (unpaired) electrons. The molecular weight excluding hydrogens is 376 g/mol. The van der Waals surface area contributed by atoms with E-state index in [2.05, 4.69) is 24.3 Å². The number of nitrogens with zero attached hydrogens (tertiary/aromatic N) is 1. The fourth-order valence-corrected chi connectivity index (χ4v) is 3.64. The van der Waals surface area contributed by atoms with Crippen molar-refractivity contribution < 1.29 is 18.8 Å². The first-order valence-electron chi connectivity index (χ1n) is 9.41. The van der Waals surface area contributed by atoms with Gasteiger partial charge >= 0.3 is 0 Å². The normalized spacial score (nSPS) is 12.1. The van der Waals surface area contributed by atoms with Gasteiger partial charge in [-0.2, -0.15) is 0 Å². The number of nitrogens with one attached hydrogen (secondary N) is 1. The maximum Gasteiger partial charge on any atom is 0.230 e. The van der Waals surface area contributed by atoms with Gasteiger partial charge in [0, 0.05) is 11.3 Å². The van der Waals surface area contributed by atoms with Crippen molar-refractivity contribution in [2.75, 3.05) is 19.5 Å². The van der Waals surface area contributed by atoms with Crippen LogP contribution in [0.2, 0.25) is 0 Å². The number of hydrogen-bond donors (Lipinski definition) is 1. The van der Waals surface area contributed by atoms with Crippen molar-refractivity contribution in [1.29, 1.82) is 0 Å². The molecule has 0 bridgehead atoms. The molecule has 1 aromatic carbocycles. The molecule has 1 aromatic heterocycles. The van der Waals surface area contributed by atoms with Gasteiger partial charge in [0.2, 0.25) is 5.91 Å². The number of amides is 1. The van der Waals surface area contributed by atoms with Crippen LogP contribution >= 0.6 is 11.8 Å². The summed E-state index contributed by atoms with van der Waals surface area (Å²) in [5.41, 5.74) is 2.91. The average Bonchev–Trinajstić information content (AvgIpc) is 2.98. The number of aryl methyl sites for hydroxylation is 2. The van der Waals surface area contributed by atoms with Gasteiger partial charge in [0.05, 0.1) is 31.2 Å². The molecule has 2 rings (SSSR count). The molecule has 0 saturated heterocycles. The third-order valence-corrected chi connectivity index (χ3v) is 5.26. The second-order valence-corrected chi connectivity index (χ2v) is 8.19. The number of thioether (sulfide) groups is 1. The molecule has 1 N–H and O–H groups in total. The minimum absolute atomic E-state index is 0.0108. The number of hydrogen-bond acceptors (Lipinski definition) is 6. The van der Waals surface area contributed by atoms with Gasteiger partial charge in [-0.3, -0.25) is 4.79 Å². The van der Waals surface area contributed by atoms with Crippen molar-refractivity contribution in [2.45, 2.75) is 46.4 Å². The van der Waals surface area contributed by atoms with Crippen LogP contribution in [0.1, 0.15) is 49.4 Å². The Bertz CT molecular complexity index is 769. The quantitative estimate of drug-likeness (QED) is 0.629. The predicted molar refractivity (Wildman–Crippen MR) is 112 cm³/mol. The highest BCUT2D eigenvalue weighted by atomic mass is 32.2. The molecule has 2 aromatic rings. The molecule has 6 nitrogen and oxygen atoms in total. The summed E-state index contributed by atoms with van der Waals surface area (Å²) in [7, 11) is 1.62. The Morgan fingerprint density at radius 3 is 2.61 bits per heavy atom. The summed E-state index contributed by atoms with van der Waals surface area (Å²) in [6.45, 7) is 10.6. The molecule has 1 atom stereocenters. The van der Waals surface area contributed by atoms with Crippen molar-refractivity contribution in [3.63, 3.8) is 0 Å². The minimum atomic E-state index is -0.125. The third kappa shape index (κ3) is 6.19. The Hall–Kier alpha value is -2.15. The van der Waals surface area contributed by atoms with Gasteiger partial charge in [-0.05, 0) is 44.4 Å². The second kappa shape index (κ2) is 10.4. The van der Waals surface area contributed by atoms with E-state index in [-0.39, 0.29) is 11.9 Å². The summed E-state index contributed by atoms with van der Waals surface area (Å²) in [6.07, 6.45) is 0. The smallest absolute Gasteiger partial charge is 0.230 e. The molecular formula is C21H30N2O4S. The standard InChI is InChI=1S/C21H30N2O4S/c1-13(2)10-26-19-8-7-17(9-20(19)25-6)14(3)22-21(24)12-28-11-18-15(4)23-27-16(18)5/h7-9,13-14H,10-12H2,1-6H3,(H,22,24). The highest BCUT2D eigenvalue weighted by Crippen LogP contribution is 2.30. The van der Waals surface area contributed by atoms with Crippen LogP contribution in [0.25, 0.3) is 0 Å². The van der Waals surface area contributed by atoms with E-state index in [4.69, 9.17) is 14.0 Å². The summed E-state index contributed by atoms with van der Waals surface area (Å²) in [4.78, 5) is 12.3. The highest BCUT2D eigenvalue weighted by molar-refractivity contribution is 7.99. The van der Waals surface area contributed by atoms with Gasteiger partial charge in [0.1, 0.15) is 5.76 Å². The van der Waals surface area contributed by atoms with E-state index in [1.807, 2.05) is 39.0 Å². The van der Waals surface area contributed by atoms with Crippen molar-refractivity contribution >= 4 is 17.7 Å². The number of carbonyl (C=O) groups excluding carboxylic acids is 1. The molecule has 1 amide bonds. The summed E-state index contributed by atoms with van der Waals surface area (Å²) in [5, 5.41) is 6.97. The number of methoxy groups -OCH3 is 1. The molecule has 154 valence electrons. The van der Waals surface area contributed by atoms with Gasteiger partial charge in [0.15, 0.2) is 11.5 Å². The fraction of sp³-hybridized carbons (Fsp3) is 0.524. The lowest BCUT2D eigenvalue weighted by Crippen LogP contribution is -2.28. The SMILES string of the molecule is COc1cc(C(C)NC(=O)CSCc2c(C)noc2C)ccc1OCC(C)C. The molecule has 0 saturated carbocycles. The maximum absolute atomic E-state index is 12.3. The molecule has 0 aliphatic carbocycles. The van der Waals surface area contributed by atoms with E-state index in [9.17, 15) is 4.79 Å². The first kappa shape index (κ1) is 22.1. The summed E-state index contributed by atoms with van der Waals surface area (Å²) in [5.74, 6) is 3.71. The summed E-state index contributed by atoms with van der Waals surface area (Å²) < 4.78 is 16.4. The topological polar surface area (TPSA) is 73.6 Å². The first-order chi connectivity index (χ1) is 13.3. The number of rotatable bonds is 10. The molecule has 0 aliphatic heterocycles. The zero-order valence-corrected chi connectivity index (χ0v) is 18.3. The van der Waals surface area contributed by atoms with E-state index in [0.717, 1.165) is 22.6 Å². The van der Waals surface area contributed by atoms with E-state index in [1.54, 1.807) is 18.9 Å². The summed E-state index contributed by atoms with van der Waals surface area (Å²) >= 11 is 1.55. The van der Waals surface area contributed by atoms with Crippen LogP contribution in [0.4, 0.5) is 0 Å². The number of carbonyl (C=O) groups is 1. The largest absolute Gasteiger partial charge is 0.493 e. The van der Waals surface area contributed by atoms with E-state index >= 15 is 0 Å². The van der Waals surface area contributed by atoms with Crippen LogP contribution in [-0.4, -0.2) is 30.5 Å². The monoisotopic (exact) mass is 406 g/mol. The van der Waals surface area contributed by atoms with Crippen LogP contribution in [-0.2, 0) is 10.5 Å². The van der Waals surface area contributed by atoms with E-state index < -0.39 is 0 Å². The molecule has 28 heavy (non-hydrogen) atoms. The average molecular weight is 407 g/mol. The minimum Gasteiger partial charge on any atom is -0.493 e.